The minimum atomic E-state index is -0.454. The molecule has 2 aromatic heterocycles. The van der Waals surface area contributed by atoms with Gasteiger partial charge >= 0.3 is 11.9 Å². The molecule has 1 amide bonds. The predicted octanol–water partition coefficient (Wildman–Crippen LogP) is 4.79. The number of esters is 1. The molecule has 0 atom stereocenters. The Kier molecular flexibility index (Phi) is 6.49. The molecule has 0 aliphatic rings. The van der Waals surface area contributed by atoms with Crippen LogP contribution in [0.15, 0.2) is 64.1 Å². The number of carbonyl (C=O) groups is 2. The van der Waals surface area contributed by atoms with E-state index in [4.69, 9.17) is 13.9 Å². The third kappa shape index (κ3) is 4.56. The van der Waals surface area contributed by atoms with Gasteiger partial charge in [0.2, 0.25) is 0 Å². The van der Waals surface area contributed by atoms with Gasteiger partial charge in [0, 0.05) is 28.0 Å². The fourth-order valence-corrected chi connectivity index (χ4v) is 3.81. The third-order valence-electron chi connectivity index (χ3n) is 5.39. The van der Waals surface area contributed by atoms with E-state index in [1.54, 1.807) is 42.6 Å². The SMILES string of the molecule is CCOc1ccc2oc(C(=O)N/N=C/c3cc(C)n(-c4cccc(C(=O)OC)c4)c3C)cc2c1. The number of aryl methyl sites for hydroxylation is 1. The molecule has 4 aromatic rings. The maximum Gasteiger partial charge on any atom is 0.337 e. The number of carbonyl (C=O) groups excluding carboxylic acids is 2. The molecule has 0 saturated carbocycles. The lowest BCUT2D eigenvalue weighted by Crippen LogP contribution is -2.16. The maximum atomic E-state index is 12.5. The number of hydrogen-bond donors (Lipinski definition) is 1. The first kappa shape index (κ1) is 22.8. The van der Waals surface area contributed by atoms with E-state index in [1.165, 1.54) is 7.11 Å². The fourth-order valence-electron chi connectivity index (χ4n) is 3.81. The Morgan fingerprint density at radius 3 is 2.71 bits per heavy atom. The first-order valence-electron chi connectivity index (χ1n) is 10.8. The van der Waals surface area contributed by atoms with Crippen molar-refractivity contribution in [2.24, 2.45) is 5.10 Å². The lowest BCUT2D eigenvalue weighted by molar-refractivity contribution is 0.0600. The van der Waals surface area contributed by atoms with Crippen molar-refractivity contribution >= 4 is 29.1 Å². The summed E-state index contributed by atoms with van der Waals surface area (Å²) in [7, 11) is 1.35. The number of rotatable bonds is 7. The van der Waals surface area contributed by atoms with Gasteiger partial charge in [0.25, 0.3) is 0 Å². The van der Waals surface area contributed by atoms with E-state index in [1.807, 2.05) is 43.5 Å². The summed E-state index contributed by atoms with van der Waals surface area (Å²) in [5, 5.41) is 4.88. The minimum Gasteiger partial charge on any atom is -0.494 e. The number of fused-ring (bicyclic) bond motifs is 1. The quantitative estimate of drug-likeness (QED) is 0.244. The summed E-state index contributed by atoms with van der Waals surface area (Å²) in [4.78, 5) is 24.4. The minimum absolute atomic E-state index is 0.158. The summed E-state index contributed by atoms with van der Waals surface area (Å²) in [6, 6.07) is 16.2. The molecule has 0 unspecified atom stereocenters. The Morgan fingerprint density at radius 2 is 1.94 bits per heavy atom. The third-order valence-corrected chi connectivity index (χ3v) is 5.39. The number of benzene rings is 2. The summed E-state index contributed by atoms with van der Waals surface area (Å²) >= 11 is 0. The number of aromatic nitrogens is 1. The van der Waals surface area contributed by atoms with Crippen molar-refractivity contribution in [1.82, 2.24) is 9.99 Å². The summed E-state index contributed by atoms with van der Waals surface area (Å²) in [5.41, 5.74) is 7.09. The van der Waals surface area contributed by atoms with E-state index in [2.05, 4.69) is 10.5 Å². The van der Waals surface area contributed by atoms with Gasteiger partial charge in [-0.15, -0.1) is 0 Å². The van der Waals surface area contributed by atoms with Crippen molar-refractivity contribution in [1.29, 1.82) is 0 Å². The van der Waals surface area contributed by atoms with Crippen LogP contribution in [0.3, 0.4) is 0 Å². The highest BCUT2D eigenvalue weighted by Gasteiger charge is 2.14. The van der Waals surface area contributed by atoms with Crippen LogP contribution in [0.2, 0.25) is 0 Å². The van der Waals surface area contributed by atoms with Crippen LogP contribution in [-0.2, 0) is 4.74 Å². The Hall–Kier alpha value is -4.33. The van der Waals surface area contributed by atoms with Crippen molar-refractivity contribution < 1.29 is 23.5 Å². The lowest BCUT2D eigenvalue weighted by Gasteiger charge is -2.10. The molecular weight excluding hydrogens is 434 g/mol. The lowest BCUT2D eigenvalue weighted by atomic mass is 10.2. The van der Waals surface area contributed by atoms with Gasteiger partial charge in [-0.3, -0.25) is 4.79 Å². The highest BCUT2D eigenvalue weighted by atomic mass is 16.5. The first-order chi connectivity index (χ1) is 16.4. The number of methoxy groups -OCH3 is 1. The van der Waals surface area contributed by atoms with Gasteiger partial charge in [-0.1, -0.05) is 6.07 Å². The molecule has 4 rings (SSSR count). The molecule has 34 heavy (non-hydrogen) atoms. The van der Waals surface area contributed by atoms with Crippen LogP contribution in [0.25, 0.3) is 16.7 Å². The summed E-state index contributed by atoms with van der Waals surface area (Å²) in [6.45, 7) is 6.37. The largest absolute Gasteiger partial charge is 0.494 e. The number of hydrazone groups is 1. The molecule has 0 spiro atoms. The number of nitrogens with zero attached hydrogens (tertiary/aromatic N) is 2. The zero-order valence-corrected chi connectivity index (χ0v) is 19.4. The molecule has 0 radical (unpaired) electrons. The molecule has 0 saturated heterocycles. The fraction of sp³-hybridized carbons (Fsp3) is 0.192. The normalized spacial score (nSPS) is 11.2. The number of nitrogens with one attached hydrogen (secondary N) is 1. The molecule has 0 aliphatic carbocycles. The van der Waals surface area contributed by atoms with Crippen LogP contribution >= 0.6 is 0 Å². The van der Waals surface area contributed by atoms with Crippen LogP contribution in [0.4, 0.5) is 0 Å². The molecule has 0 bridgehead atoms. The smallest absolute Gasteiger partial charge is 0.337 e. The van der Waals surface area contributed by atoms with Crippen molar-refractivity contribution in [3.05, 3.63) is 82.9 Å². The standard InChI is InChI=1S/C26H25N3O5/c1-5-33-22-9-10-23-19(13-22)14-24(34-23)25(30)28-27-15-20-11-16(2)29(17(20)3)21-8-6-7-18(12-21)26(31)32-4/h6-15H,5H2,1-4H3,(H,28,30)/b27-15+. The van der Waals surface area contributed by atoms with Gasteiger partial charge in [-0.2, -0.15) is 5.10 Å². The summed E-state index contributed by atoms with van der Waals surface area (Å²) in [6.07, 6.45) is 1.58. The van der Waals surface area contributed by atoms with Gasteiger partial charge in [0.05, 0.1) is 25.5 Å². The average molecular weight is 460 g/mol. The summed E-state index contributed by atoms with van der Waals surface area (Å²) in [5.74, 6) is 0.0256. The van der Waals surface area contributed by atoms with Crippen LogP contribution in [0.1, 0.15) is 44.8 Å². The van der Waals surface area contributed by atoms with Crippen LogP contribution in [0.5, 0.6) is 5.75 Å². The zero-order chi connectivity index (χ0) is 24.2. The van der Waals surface area contributed by atoms with Crippen LogP contribution in [0, 0.1) is 13.8 Å². The van der Waals surface area contributed by atoms with Crippen molar-refractivity contribution in [3.8, 4) is 11.4 Å². The van der Waals surface area contributed by atoms with E-state index in [0.717, 1.165) is 28.0 Å². The van der Waals surface area contributed by atoms with Gasteiger partial charge in [-0.25, -0.2) is 10.2 Å². The van der Waals surface area contributed by atoms with Gasteiger partial charge < -0.3 is 18.5 Å². The molecule has 174 valence electrons. The predicted molar refractivity (Wildman–Crippen MR) is 129 cm³/mol. The second kappa shape index (κ2) is 9.66. The molecular formula is C26H25N3O5. The maximum absolute atomic E-state index is 12.5. The molecule has 2 aromatic carbocycles. The van der Waals surface area contributed by atoms with Crippen molar-refractivity contribution in [2.45, 2.75) is 20.8 Å². The first-order valence-corrected chi connectivity index (χ1v) is 10.8. The zero-order valence-electron chi connectivity index (χ0n) is 19.4. The van der Waals surface area contributed by atoms with Gasteiger partial charge in [0.15, 0.2) is 5.76 Å². The number of ether oxygens (including phenoxy) is 2. The molecule has 0 fully saturated rings. The van der Waals surface area contributed by atoms with Crippen LogP contribution < -0.4 is 10.2 Å². The number of amides is 1. The Morgan fingerprint density at radius 1 is 1.12 bits per heavy atom. The molecule has 8 heteroatoms. The average Bonchev–Trinajstić information content (AvgIpc) is 3.38. The number of furan rings is 1. The molecule has 1 N–H and O–H groups in total. The highest BCUT2D eigenvalue weighted by molar-refractivity contribution is 5.97. The Bertz CT molecular complexity index is 1400. The van der Waals surface area contributed by atoms with E-state index in [0.29, 0.717) is 23.5 Å². The highest BCUT2D eigenvalue weighted by Crippen LogP contribution is 2.25. The van der Waals surface area contributed by atoms with Crippen LogP contribution in [-0.4, -0.2) is 36.4 Å². The Balaban J connectivity index is 1.51. The molecule has 0 aliphatic heterocycles. The van der Waals surface area contributed by atoms with E-state index in [-0.39, 0.29) is 5.76 Å². The van der Waals surface area contributed by atoms with Gasteiger partial charge in [-0.05, 0) is 69.3 Å². The van der Waals surface area contributed by atoms with Crippen molar-refractivity contribution in [2.75, 3.05) is 13.7 Å². The van der Waals surface area contributed by atoms with Gasteiger partial charge in [0.1, 0.15) is 11.3 Å². The summed E-state index contributed by atoms with van der Waals surface area (Å²) < 4.78 is 17.9. The monoisotopic (exact) mass is 459 g/mol. The second-order valence-corrected chi connectivity index (χ2v) is 7.65. The second-order valence-electron chi connectivity index (χ2n) is 7.65. The number of hydrogen-bond acceptors (Lipinski definition) is 6. The Labute approximate surface area is 196 Å². The topological polar surface area (TPSA) is 95.1 Å². The van der Waals surface area contributed by atoms with E-state index in [9.17, 15) is 9.59 Å². The van der Waals surface area contributed by atoms with Crippen molar-refractivity contribution in [3.63, 3.8) is 0 Å². The van der Waals surface area contributed by atoms with E-state index < -0.39 is 11.9 Å². The van der Waals surface area contributed by atoms with E-state index >= 15 is 0 Å². The molecule has 2 heterocycles. The molecule has 8 nitrogen and oxygen atoms in total.